The molecule has 0 amide bonds. The zero-order valence-electron chi connectivity index (χ0n) is 11.2. The summed E-state index contributed by atoms with van der Waals surface area (Å²) in [6.45, 7) is 1.99. The Morgan fingerprint density at radius 2 is 2.20 bits per heavy atom. The van der Waals surface area contributed by atoms with Gasteiger partial charge >= 0.3 is 11.6 Å². The maximum atomic E-state index is 11.8. The number of carbonyl (C=O) groups is 1. The van der Waals surface area contributed by atoms with Crippen molar-refractivity contribution in [1.82, 2.24) is 0 Å². The van der Waals surface area contributed by atoms with Crippen LogP contribution in [-0.4, -0.2) is 19.7 Å². The van der Waals surface area contributed by atoms with Crippen LogP contribution in [0.15, 0.2) is 39.6 Å². The first-order valence-corrected chi connectivity index (χ1v) is 6.11. The third-order valence-corrected chi connectivity index (χ3v) is 2.67. The van der Waals surface area contributed by atoms with E-state index in [2.05, 4.69) is 0 Å². The summed E-state index contributed by atoms with van der Waals surface area (Å²) in [5.41, 5.74) is 0.170. The minimum atomic E-state index is -0.522. The molecule has 1 aromatic heterocycles. The highest BCUT2D eigenvalue weighted by atomic mass is 16.5. The number of carbonyl (C=O) groups excluding carboxylic acids is 1. The van der Waals surface area contributed by atoms with Crippen molar-refractivity contribution >= 4 is 23.0 Å². The van der Waals surface area contributed by atoms with Crippen LogP contribution in [0.4, 0.5) is 0 Å². The van der Waals surface area contributed by atoms with Crippen LogP contribution in [0.1, 0.15) is 12.5 Å². The van der Waals surface area contributed by atoms with E-state index in [1.807, 2.05) is 0 Å². The second-order valence-corrected chi connectivity index (χ2v) is 3.95. The van der Waals surface area contributed by atoms with E-state index in [1.165, 1.54) is 19.3 Å². The Morgan fingerprint density at radius 3 is 2.90 bits per heavy atom. The molecule has 2 rings (SSSR count). The molecular weight excluding hydrogens is 260 g/mol. The van der Waals surface area contributed by atoms with Crippen LogP contribution in [-0.2, 0) is 9.53 Å². The average molecular weight is 274 g/mol. The molecule has 0 fully saturated rings. The Morgan fingerprint density at radius 1 is 1.40 bits per heavy atom. The highest BCUT2D eigenvalue weighted by Gasteiger charge is 2.07. The number of benzene rings is 1. The standard InChI is InChI=1S/C15H14O5/c1-3-19-14(16)8-7-10-9-11-12(18-2)5-4-6-13(11)20-15(10)17/h4-9H,3H2,1-2H3/b8-7+. The Hall–Kier alpha value is -2.56. The first kappa shape index (κ1) is 13.9. The van der Waals surface area contributed by atoms with E-state index in [9.17, 15) is 9.59 Å². The fraction of sp³-hybridized carbons (Fsp3) is 0.200. The summed E-state index contributed by atoms with van der Waals surface area (Å²) in [7, 11) is 1.54. The van der Waals surface area contributed by atoms with Gasteiger partial charge in [0.15, 0.2) is 0 Å². The topological polar surface area (TPSA) is 65.7 Å². The summed E-state index contributed by atoms with van der Waals surface area (Å²) in [6.07, 6.45) is 2.56. The predicted octanol–water partition coefficient (Wildman–Crippen LogP) is 2.38. The Kier molecular flexibility index (Phi) is 4.20. The van der Waals surface area contributed by atoms with Crippen molar-refractivity contribution in [2.24, 2.45) is 0 Å². The van der Waals surface area contributed by atoms with Gasteiger partial charge in [-0.05, 0) is 31.2 Å². The zero-order chi connectivity index (χ0) is 14.5. The molecule has 0 bridgehead atoms. The number of ether oxygens (including phenoxy) is 2. The first-order chi connectivity index (χ1) is 9.65. The van der Waals surface area contributed by atoms with E-state index in [4.69, 9.17) is 13.9 Å². The van der Waals surface area contributed by atoms with Crippen LogP contribution >= 0.6 is 0 Å². The molecule has 0 saturated carbocycles. The molecule has 1 heterocycles. The third kappa shape index (κ3) is 2.88. The van der Waals surface area contributed by atoms with Gasteiger partial charge in [0, 0.05) is 6.08 Å². The molecule has 2 aromatic rings. The van der Waals surface area contributed by atoms with Crippen molar-refractivity contribution in [3.63, 3.8) is 0 Å². The van der Waals surface area contributed by atoms with Gasteiger partial charge in [-0.15, -0.1) is 0 Å². The highest BCUT2D eigenvalue weighted by Crippen LogP contribution is 2.25. The lowest BCUT2D eigenvalue weighted by Crippen LogP contribution is -2.04. The highest BCUT2D eigenvalue weighted by molar-refractivity contribution is 5.89. The lowest BCUT2D eigenvalue weighted by Gasteiger charge is -2.04. The average Bonchev–Trinajstić information content (AvgIpc) is 2.44. The number of fused-ring (bicyclic) bond motifs is 1. The monoisotopic (exact) mass is 274 g/mol. The number of esters is 1. The molecule has 0 radical (unpaired) electrons. The maximum Gasteiger partial charge on any atom is 0.343 e. The quantitative estimate of drug-likeness (QED) is 0.486. The first-order valence-electron chi connectivity index (χ1n) is 6.11. The van der Waals surface area contributed by atoms with Crippen molar-refractivity contribution in [2.75, 3.05) is 13.7 Å². The molecule has 0 saturated heterocycles. The molecule has 0 aliphatic carbocycles. The van der Waals surface area contributed by atoms with Gasteiger partial charge in [-0.3, -0.25) is 0 Å². The van der Waals surface area contributed by atoms with Gasteiger partial charge in [-0.25, -0.2) is 9.59 Å². The Labute approximate surface area is 115 Å². The lowest BCUT2D eigenvalue weighted by atomic mass is 10.1. The van der Waals surface area contributed by atoms with Crippen LogP contribution in [0.5, 0.6) is 5.75 Å². The largest absolute Gasteiger partial charge is 0.496 e. The minimum Gasteiger partial charge on any atom is -0.496 e. The molecule has 0 spiro atoms. The van der Waals surface area contributed by atoms with Crippen molar-refractivity contribution < 1.29 is 18.7 Å². The second kappa shape index (κ2) is 6.06. The summed E-state index contributed by atoms with van der Waals surface area (Å²) in [4.78, 5) is 23.0. The van der Waals surface area contributed by atoms with Crippen molar-refractivity contribution in [3.8, 4) is 5.75 Å². The van der Waals surface area contributed by atoms with Crippen molar-refractivity contribution in [3.05, 3.63) is 46.3 Å². The zero-order valence-corrected chi connectivity index (χ0v) is 11.2. The normalized spacial score (nSPS) is 10.9. The summed E-state index contributed by atoms with van der Waals surface area (Å²) < 4.78 is 15.2. The molecule has 0 aliphatic rings. The predicted molar refractivity (Wildman–Crippen MR) is 74.7 cm³/mol. The SMILES string of the molecule is CCOC(=O)/C=C/c1cc2c(OC)cccc2oc1=O. The summed E-state index contributed by atoms with van der Waals surface area (Å²) >= 11 is 0. The van der Waals surface area contributed by atoms with E-state index < -0.39 is 11.6 Å². The molecule has 5 nitrogen and oxygen atoms in total. The molecule has 1 aromatic carbocycles. The summed E-state index contributed by atoms with van der Waals surface area (Å²) in [6, 6.07) is 6.80. The fourth-order valence-electron chi connectivity index (χ4n) is 1.77. The molecule has 5 heteroatoms. The maximum absolute atomic E-state index is 11.8. The number of hydrogen-bond donors (Lipinski definition) is 0. The minimum absolute atomic E-state index is 0.259. The Bertz CT molecular complexity index is 712. The molecule has 0 atom stereocenters. The molecule has 20 heavy (non-hydrogen) atoms. The van der Waals surface area contributed by atoms with Gasteiger partial charge in [-0.2, -0.15) is 0 Å². The van der Waals surface area contributed by atoms with Gasteiger partial charge in [0.25, 0.3) is 0 Å². The molecule has 0 N–H and O–H groups in total. The van der Waals surface area contributed by atoms with E-state index in [0.717, 1.165) is 0 Å². The van der Waals surface area contributed by atoms with Gasteiger partial charge in [0.1, 0.15) is 11.3 Å². The van der Waals surface area contributed by atoms with Gasteiger partial charge < -0.3 is 13.9 Å². The van der Waals surface area contributed by atoms with E-state index in [0.29, 0.717) is 16.7 Å². The Balaban J connectivity index is 2.46. The van der Waals surface area contributed by atoms with E-state index >= 15 is 0 Å². The smallest absolute Gasteiger partial charge is 0.343 e. The molecular formula is C15H14O5. The molecule has 104 valence electrons. The van der Waals surface area contributed by atoms with Crippen LogP contribution in [0.3, 0.4) is 0 Å². The van der Waals surface area contributed by atoms with Crippen molar-refractivity contribution in [1.29, 1.82) is 0 Å². The van der Waals surface area contributed by atoms with Crippen molar-refractivity contribution in [2.45, 2.75) is 6.92 Å². The van der Waals surface area contributed by atoms with Crippen LogP contribution < -0.4 is 10.4 Å². The number of hydrogen-bond acceptors (Lipinski definition) is 5. The number of methoxy groups -OCH3 is 1. The second-order valence-electron chi connectivity index (χ2n) is 3.95. The van der Waals surface area contributed by atoms with Gasteiger partial charge in [0.2, 0.25) is 0 Å². The lowest BCUT2D eigenvalue weighted by molar-refractivity contribution is -0.137. The fourth-order valence-corrected chi connectivity index (χ4v) is 1.77. The van der Waals surface area contributed by atoms with Crippen LogP contribution in [0, 0.1) is 0 Å². The van der Waals surface area contributed by atoms with Gasteiger partial charge in [0.05, 0.1) is 24.7 Å². The van der Waals surface area contributed by atoms with E-state index in [-0.39, 0.29) is 12.2 Å². The number of rotatable bonds is 4. The van der Waals surface area contributed by atoms with Gasteiger partial charge in [-0.1, -0.05) is 6.07 Å². The van der Waals surface area contributed by atoms with Crippen LogP contribution in [0.2, 0.25) is 0 Å². The third-order valence-electron chi connectivity index (χ3n) is 2.67. The van der Waals surface area contributed by atoms with E-state index in [1.54, 1.807) is 31.2 Å². The summed E-state index contributed by atoms with van der Waals surface area (Å²) in [5, 5.41) is 0.665. The molecule has 0 aliphatic heterocycles. The molecule has 0 unspecified atom stereocenters. The van der Waals surface area contributed by atoms with Crippen LogP contribution in [0.25, 0.3) is 17.0 Å². The summed E-state index contributed by atoms with van der Waals surface area (Å²) in [5.74, 6) is 0.0871.